The van der Waals surface area contributed by atoms with Crippen LogP contribution in [0.5, 0.6) is 0 Å². The van der Waals surface area contributed by atoms with Crippen molar-refractivity contribution in [3.05, 3.63) is 64.6 Å². The number of Topliss-reactive ketones (excluding diaryl/α,β-unsaturated/α-hetero) is 1. The van der Waals surface area contributed by atoms with Gasteiger partial charge in [-0.15, -0.1) is 11.8 Å². The number of allylic oxidation sites excluding steroid dienone is 1. The summed E-state index contributed by atoms with van der Waals surface area (Å²) in [6, 6.07) is 16.0. The average molecular weight is 284 g/mol. The standard InChI is InChI=1S/C16H12OS2/c1-18-12-8-6-11(7-9-12)10-15-16(17)13-4-2-3-5-14(13)19-15/h2-10H,1H3/b15-10+. The molecule has 3 heteroatoms. The van der Waals surface area contributed by atoms with Crippen LogP contribution in [-0.2, 0) is 0 Å². The van der Waals surface area contributed by atoms with Crippen molar-refractivity contribution in [2.24, 2.45) is 0 Å². The van der Waals surface area contributed by atoms with E-state index < -0.39 is 0 Å². The lowest BCUT2D eigenvalue weighted by Crippen LogP contribution is -1.93. The summed E-state index contributed by atoms with van der Waals surface area (Å²) in [5.41, 5.74) is 1.89. The number of benzene rings is 2. The maximum absolute atomic E-state index is 12.2. The van der Waals surface area contributed by atoms with Gasteiger partial charge in [-0.05, 0) is 42.2 Å². The average Bonchev–Trinajstić information content (AvgIpc) is 2.77. The molecule has 0 aliphatic carbocycles. The number of thioether (sulfide) groups is 2. The second kappa shape index (κ2) is 5.27. The molecule has 0 saturated heterocycles. The fourth-order valence-corrected chi connectivity index (χ4v) is 3.45. The Morgan fingerprint density at radius 2 is 1.79 bits per heavy atom. The predicted octanol–water partition coefficient (Wildman–Crippen LogP) is 4.74. The Morgan fingerprint density at radius 3 is 2.47 bits per heavy atom. The molecule has 2 aromatic carbocycles. The molecule has 94 valence electrons. The van der Waals surface area contributed by atoms with Crippen LogP contribution in [0, 0.1) is 0 Å². The molecule has 1 aliphatic heterocycles. The van der Waals surface area contributed by atoms with Gasteiger partial charge in [0.15, 0.2) is 0 Å². The maximum atomic E-state index is 12.2. The number of carbonyl (C=O) groups is 1. The Hall–Kier alpha value is -1.45. The molecule has 1 heterocycles. The third kappa shape index (κ3) is 2.48. The molecule has 0 N–H and O–H groups in total. The molecular weight excluding hydrogens is 272 g/mol. The summed E-state index contributed by atoms with van der Waals surface area (Å²) in [5, 5.41) is 0. The van der Waals surface area contributed by atoms with Gasteiger partial charge in [0.2, 0.25) is 5.78 Å². The summed E-state index contributed by atoms with van der Waals surface area (Å²) in [7, 11) is 0. The van der Waals surface area contributed by atoms with Gasteiger partial charge in [0.05, 0.1) is 4.91 Å². The first-order valence-corrected chi connectivity index (χ1v) is 7.99. The van der Waals surface area contributed by atoms with Crippen molar-refractivity contribution in [2.45, 2.75) is 9.79 Å². The third-order valence-electron chi connectivity index (χ3n) is 2.99. The molecule has 2 aromatic rings. The molecular formula is C16H12OS2. The molecule has 0 fully saturated rings. The minimum absolute atomic E-state index is 0.134. The van der Waals surface area contributed by atoms with Crippen LogP contribution in [-0.4, -0.2) is 12.0 Å². The van der Waals surface area contributed by atoms with E-state index in [0.29, 0.717) is 0 Å². The van der Waals surface area contributed by atoms with Crippen LogP contribution in [0.4, 0.5) is 0 Å². The highest BCUT2D eigenvalue weighted by Crippen LogP contribution is 2.40. The van der Waals surface area contributed by atoms with Crippen molar-refractivity contribution in [1.29, 1.82) is 0 Å². The predicted molar refractivity (Wildman–Crippen MR) is 82.8 cm³/mol. The molecule has 0 saturated carbocycles. The molecule has 0 aromatic heterocycles. The van der Waals surface area contributed by atoms with Gasteiger partial charge in [0.1, 0.15) is 0 Å². The number of hydrogen-bond acceptors (Lipinski definition) is 3. The number of hydrogen-bond donors (Lipinski definition) is 0. The zero-order valence-corrected chi connectivity index (χ0v) is 12.1. The van der Waals surface area contributed by atoms with Gasteiger partial charge in [-0.3, -0.25) is 4.79 Å². The van der Waals surface area contributed by atoms with E-state index in [4.69, 9.17) is 0 Å². The van der Waals surface area contributed by atoms with E-state index >= 15 is 0 Å². The Morgan fingerprint density at radius 1 is 1.05 bits per heavy atom. The second-order valence-corrected chi connectivity index (χ2v) is 6.17. The van der Waals surface area contributed by atoms with E-state index in [2.05, 4.69) is 30.5 Å². The highest BCUT2D eigenvalue weighted by atomic mass is 32.2. The minimum atomic E-state index is 0.134. The van der Waals surface area contributed by atoms with Crippen LogP contribution < -0.4 is 0 Å². The molecule has 1 aliphatic rings. The Labute approximate surface area is 121 Å². The zero-order chi connectivity index (χ0) is 13.2. The second-order valence-electron chi connectivity index (χ2n) is 4.21. The van der Waals surface area contributed by atoms with Crippen molar-refractivity contribution >= 4 is 35.4 Å². The molecule has 3 rings (SSSR count). The van der Waals surface area contributed by atoms with Crippen molar-refractivity contribution < 1.29 is 4.79 Å². The molecule has 1 nitrogen and oxygen atoms in total. The van der Waals surface area contributed by atoms with Crippen molar-refractivity contribution in [3.63, 3.8) is 0 Å². The van der Waals surface area contributed by atoms with Crippen molar-refractivity contribution in [1.82, 2.24) is 0 Å². The monoisotopic (exact) mass is 284 g/mol. The van der Waals surface area contributed by atoms with Gasteiger partial charge >= 0.3 is 0 Å². The van der Waals surface area contributed by atoms with E-state index in [1.54, 1.807) is 23.5 Å². The van der Waals surface area contributed by atoms with Gasteiger partial charge < -0.3 is 0 Å². The van der Waals surface area contributed by atoms with Gasteiger partial charge in [-0.25, -0.2) is 0 Å². The van der Waals surface area contributed by atoms with Crippen LogP contribution in [0.25, 0.3) is 6.08 Å². The molecule has 0 radical (unpaired) electrons. The van der Waals surface area contributed by atoms with E-state index in [0.717, 1.165) is 20.9 Å². The summed E-state index contributed by atoms with van der Waals surface area (Å²) in [6.07, 6.45) is 4.03. The Bertz CT molecular complexity index is 657. The smallest absolute Gasteiger partial charge is 0.200 e. The van der Waals surface area contributed by atoms with Crippen LogP contribution in [0.1, 0.15) is 15.9 Å². The molecule has 0 spiro atoms. The van der Waals surface area contributed by atoms with Crippen molar-refractivity contribution in [2.75, 3.05) is 6.26 Å². The van der Waals surface area contributed by atoms with Gasteiger partial charge in [0, 0.05) is 15.4 Å². The first kappa shape index (κ1) is 12.6. The van der Waals surface area contributed by atoms with Crippen LogP contribution in [0.2, 0.25) is 0 Å². The number of ketones is 1. The lowest BCUT2D eigenvalue weighted by Gasteiger charge is -1.98. The largest absolute Gasteiger partial charge is 0.288 e. The van der Waals surface area contributed by atoms with Gasteiger partial charge in [-0.2, -0.15) is 0 Å². The summed E-state index contributed by atoms with van der Waals surface area (Å²) in [6.45, 7) is 0. The van der Waals surface area contributed by atoms with Crippen molar-refractivity contribution in [3.8, 4) is 0 Å². The van der Waals surface area contributed by atoms with Gasteiger partial charge in [0.25, 0.3) is 0 Å². The highest BCUT2D eigenvalue weighted by Gasteiger charge is 2.24. The summed E-state index contributed by atoms with van der Waals surface area (Å²) in [5.74, 6) is 0.134. The zero-order valence-electron chi connectivity index (χ0n) is 10.4. The normalized spacial score (nSPS) is 15.8. The van der Waals surface area contributed by atoms with E-state index in [1.165, 1.54) is 4.90 Å². The van der Waals surface area contributed by atoms with Crippen LogP contribution in [0.15, 0.2) is 63.2 Å². The third-order valence-corrected chi connectivity index (χ3v) is 4.83. The topological polar surface area (TPSA) is 17.1 Å². The minimum Gasteiger partial charge on any atom is -0.288 e. The summed E-state index contributed by atoms with van der Waals surface area (Å²) >= 11 is 3.27. The Kier molecular flexibility index (Phi) is 3.49. The van der Waals surface area contributed by atoms with E-state index in [-0.39, 0.29) is 5.78 Å². The molecule has 0 unspecified atom stereocenters. The molecule has 0 amide bonds. The molecule has 0 atom stereocenters. The van der Waals surface area contributed by atoms with Gasteiger partial charge in [-0.1, -0.05) is 36.0 Å². The first-order chi connectivity index (χ1) is 9.28. The quantitative estimate of drug-likeness (QED) is 0.586. The Balaban J connectivity index is 1.92. The maximum Gasteiger partial charge on any atom is 0.200 e. The fourth-order valence-electron chi connectivity index (χ4n) is 1.99. The lowest BCUT2D eigenvalue weighted by molar-refractivity contribution is 0.104. The van der Waals surface area contributed by atoms with Crippen LogP contribution in [0.3, 0.4) is 0 Å². The van der Waals surface area contributed by atoms with E-state index in [1.807, 2.05) is 30.3 Å². The number of fused-ring (bicyclic) bond motifs is 1. The fraction of sp³-hybridized carbons (Fsp3) is 0.0625. The lowest BCUT2D eigenvalue weighted by atomic mass is 10.1. The number of carbonyl (C=O) groups excluding carboxylic acids is 1. The molecule has 0 bridgehead atoms. The first-order valence-electron chi connectivity index (χ1n) is 5.95. The summed E-state index contributed by atoms with van der Waals surface area (Å²) < 4.78 is 0. The molecule has 19 heavy (non-hydrogen) atoms. The van der Waals surface area contributed by atoms with Crippen LogP contribution >= 0.6 is 23.5 Å². The number of rotatable bonds is 2. The SMILES string of the molecule is CSc1ccc(/C=C2/Sc3ccccc3C2=O)cc1. The summed E-state index contributed by atoms with van der Waals surface area (Å²) in [4.78, 5) is 15.3. The highest BCUT2D eigenvalue weighted by molar-refractivity contribution is 8.04. The van der Waals surface area contributed by atoms with E-state index in [9.17, 15) is 4.79 Å².